The lowest BCUT2D eigenvalue weighted by molar-refractivity contribution is 0.540. The number of hydrogen-bond acceptors (Lipinski definition) is 3. The van der Waals surface area contributed by atoms with E-state index in [-0.39, 0.29) is 0 Å². The first-order valence-electron chi connectivity index (χ1n) is 10.2. The highest BCUT2D eigenvalue weighted by molar-refractivity contribution is 7.90. The van der Waals surface area contributed by atoms with Crippen LogP contribution in [0.4, 0.5) is 5.69 Å². The largest absolute Gasteiger partial charge is 0.385 e. The van der Waals surface area contributed by atoms with Crippen LogP contribution in [-0.4, -0.2) is 30.8 Å². The van der Waals surface area contributed by atoms with E-state index in [1.807, 2.05) is 0 Å². The van der Waals surface area contributed by atoms with Gasteiger partial charge in [0.2, 0.25) is 10.0 Å². The standard InChI is InChI=1S/C23H31N3O2S/c1-23(2,3)29(27,28)25-17-8-4-7-16-24-20-11-13-21(14-12-20)26-18-15-19-9-5-6-10-22(19)26/h5-6,9-15,18,24-25H,4,7-8,16-17H2,1-3H3. The van der Waals surface area contributed by atoms with Gasteiger partial charge in [0.1, 0.15) is 0 Å². The number of para-hydroxylation sites is 1. The summed E-state index contributed by atoms with van der Waals surface area (Å²) < 4.78 is 28.1. The maximum Gasteiger partial charge on any atom is 0.216 e. The molecule has 0 spiro atoms. The van der Waals surface area contributed by atoms with Gasteiger partial charge in [-0.3, -0.25) is 0 Å². The normalized spacial score (nSPS) is 12.4. The molecule has 0 saturated heterocycles. The molecule has 0 amide bonds. The molecule has 5 nitrogen and oxygen atoms in total. The van der Waals surface area contributed by atoms with Crippen molar-refractivity contribution in [2.24, 2.45) is 0 Å². The Labute approximate surface area is 174 Å². The fourth-order valence-electron chi connectivity index (χ4n) is 3.13. The first kappa shape index (κ1) is 21.4. The molecule has 0 aliphatic carbocycles. The van der Waals surface area contributed by atoms with Gasteiger partial charge in [-0.25, -0.2) is 13.1 Å². The van der Waals surface area contributed by atoms with E-state index in [2.05, 4.69) is 75.4 Å². The molecular weight excluding hydrogens is 382 g/mol. The molecule has 1 aromatic heterocycles. The molecule has 0 aliphatic rings. The third kappa shape index (κ3) is 5.40. The minimum Gasteiger partial charge on any atom is -0.385 e. The molecule has 0 saturated carbocycles. The highest BCUT2D eigenvalue weighted by atomic mass is 32.2. The second kappa shape index (κ2) is 9.01. The fraction of sp³-hybridized carbons (Fsp3) is 0.391. The number of sulfonamides is 1. The number of unbranched alkanes of at least 4 members (excludes halogenated alkanes) is 2. The predicted molar refractivity (Wildman–Crippen MR) is 122 cm³/mol. The first-order valence-corrected chi connectivity index (χ1v) is 11.7. The zero-order valence-corrected chi connectivity index (χ0v) is 18.3. The Bertz CT molecular complexity index is 1030. The summed E-state index contributed by atoms with van der Waals surface area (Å²) in [6.45, 7) is 6.51. The molecule has 1 heterocycles. The Kier molecular flexibility index (Phi) is 6.65. The Morgan fingerprint density at radius 2 is 1.55 bits per heavy atom. The van der Waals surface area contributed by atoms with Crippen molar-refractivity contribution in [1.29, 1.82) is 0 Å². The third-order valence-electron chi connectivity index (χ3n) is 5.03. The highest BCUT2D eigenvalue weighted by Crippen LogP contribution is 2.21. The van der Waals surface area contributed by atoms with Crippen molar-refractivity contribution >= 4 is 26.6 Å². The van der Waals surface area contributed by atoms with E-state index in [1.165, 1.54) is 10.9 Å². The SMILES string of the molecule is CC(C)(C)S(=O)(=O)NCCCCCNc1ccc(-n2ccc3ccccc32)cc1. The van der Waals surface area contributed by atoms with Crippen LogP contribution in [0.5, 0.6) is 0 Å². The molecule has 3 aromatic rings. The van der Waals surface area contributed by atoms with Crippen LogP contribution >= 0.6 is 0 Å². The molecule has 156 valence electrons. The Morgan fingerprint density at radius 3 is 2.28 bits per heavy atom. The molecule has 0 fully saturated rings. The molecule has 0 radical (unpaired) electrons. The Hall–Kier alpha value is -2.31. The topological polar surface area (TPSA) is 63.1 Å². The zero-order chi connectivity index (χ0) is 20.9. The number of hydrogen-bond donors (Lipinski definition) is 2. The number of nitrogens with zero attached hydrogens (tertiary/aromatic N) is 1. The Morgan fingerprint density at radius 1 is 0.862 bits per heavy atom. The molecule has 0 atom stereocenters. The van der Waals surface area contributed by atoms with Crippen LogP contribution in [0.15, 0.2) is 60.8 Å². The maximum absolute atomic E-state index is 12.0. The second-order valence-electron chi connectivity index (χ2n) is 8.29. The summed E-state index contributed by atoms with van der Waals surface area (Å²) in [5.74, 6) is 0. The van der Waals surface area contributed by atoms with Crippen molar-refractivity contribution in [2.45, 2.75) is 44.8 Å². The van der Waals surface area contributed by atoms with Gasteiger partial charge in [-0.1, -0.05) is 24.6 Å². The van der Waals surface area contributed by atoms with E-state index in [1.54, 1.807) is 20.8 Å². The summed E-state index contributed by atoms with van der Waals surface area (Å²) in [6, 6.07) is 18.9. The lowest BCUT2D eigenvalue weighted by atomic mass is 10.2. The smallest absolute Gasteiger partial charge is 0.216 e. The molecule has 0 unspecified atom stereocenters. The average Bonchev–Trinajstić information content (AvgIpc) is 3.11. The number of nitrogens with one attached hydrogen (secondary N) is 2. The number of fused-ring (bicyclic) bond motifs is 1. The first-order chi connectivity index (χ1) is 13.8. The molecule has 6 heteroatoms. The second-order valence-corrected chi connectivity index (χ2v) is 10.8. The average molecular weight is 414 g/mol. The lowest BCUT2D eigenvalue weighted by Crippen LogP contribution is -2.39. The van der Waals surface area contributed by atoms with E-state index in [0.717, 1.165) is 37.2 Å². The van der Waals surface area contributed by atoms with Gasteiger partial charge in [0, 0.05) is 30.7 Å². The van der Waals surface area contributed by atoms with Crippen molar-refractivity contribution in [3.63, 3.8) is 0 Å². The highest BCUT2D eigenvalue weighted by Gasteiger charge is 2.27. The van der Waals surface area contributed by atoms with Crippen molar-refractivity contribution in [3.05, 3.63) is 60.8 Å². The van der Waals surface area contributed by atoms with Crippen LogP contribution in [0.25, 0.3) is 16.6 Å². The van der Waals surface area contributed by atoms with Gasteiger partial charge in [-0.2, -0.15) is 0 Å². The van der Waals surface area contributed by atoms with Gasteiger partial charge < -0.3 is 9.88 Å². The molecule has 0 bridgehead atoms. The number of rotatable bonds is 9. The van der Waals surface area contributed by atoms with Crippen LogP contribution < -0.4 is 10.0 Å². The number of aromatic nitrogens is 1. The van der Waals surface area contributed by atoms with Gasteiger partial charge in [0.05, 0.1) is 10.3 Å². The quantitative estimate of drug-likeness (QED) is 0.489. The molecule has 2 aromatic carbocycles. The van der Waals surface area contributed by atoms with Crippen LogP contribution in [0.1, 0.15) is 40.0 Å². The minimum absolute atomic E-state index is 0.499. The van der Waals surface area contributed by atoms with E-state index in [4.69, 9.17) is 0 Å². The van der Waals surface area contributed by atoms with Crippen LogP contribution in [0, 0.1) is 0 Å². The van der Waals surface area contributed by atoms with Crippen molar-refractivity contribution in [2.75, 3.05) is 18.4 Å². The van der Waals surface area contributed by atoms with Gasteiger partial charge in [0.15, 0.2) is 0 Å². The van der Waals surface area contributed by atoms with Crippen molar-refractivity contribution in [1.82, 2.24) is 9.29 Å². The summed E-state index contributed by atoms with van der Waals surface area (Å²) in [7, 11) is -3.24. The summed E-state index contributed by atoms with van der Waals surface area (Å²) in [6.07, 6.45) is 4.92. The summed E-state index contributed by atoms with van der Waals surface area (Å²) in [5, 5.41) is 4.67. The zero-order valence-electron chi connectivity index (χ0n) is 17.5. The lowest BCUT2D eigenvalue weighted by Gasteiger charge is -2.19. The van der Waals surface area contributed by atoms with E-state index < -0.39 is 14.8 Å². The third-order valence-corrected chi connectivity index (χ3v) is 7.22. The summed E-state index contributed by atoms with van der Waals surface area (Å²) in [5.41, 5.74) is 3.44. The number of benzene rings is 2. The Balaban J connectivity index is 1.41. The molecule has 2 N–H and O–H groups in total. The van der Waals surface area contributed by atoms with Gasteiger partial charge >= 0.3 is 0 Å². The van der Waals surface area contributed by atoms with Crippen molar-refractivity contribution < 1.29 is 8.42 Å². The maximum atomic E-state index is 12.0. The molecule has 3 rings (SSSR count). The monoisotopic (exact) mass is 413 g/mol. The van der Waals surface area contributed by atoms with Crippen LogP contribution in [-0.2, 0) is 10.0 Å². The molecular formula is C23H31N3O2S. The summed E-state index contributed by atoms with van der Waals surface area (Å²) in [4.78, 5) is 0. The van der Waals surface area contributed by atoms with Crippen molar-refractivity contribution in [3.8, 4) is 5.69 Å². The van der Waals surface area contributed by atoms with Gasteiger partial charge in [-0.15, -0.1) is 0 Å². The van der Waals surface area contributed by atoms with Crippen LogP contribution in [0.2, 0.25) is 0 Å². The molecule has 29 heavy (non-hydrogen) atoms. The predicted octanol–water partition coefficient (Wildman–Crippen LogP) is 4.93. The fourth-order valence-corrected chi connectivity index (χ4v) is 3.98. The van der Waals surface area contributed by atoms with Gasteiger partial charge in [0.25, 0.3) is 0 Å². The number of anilines is 1. The van der Waals surface area contributed by atoms with Crippen LogP contribution in [0.3, 0.4) is 0 Å². The molecule has 0 aliphatic heterocycles. The summed E-state index contributed by atoms with van der Waals surface area (Å²) >= 11 is 0. The van der Waals surface area contributed by atoms with E-state index in [9.17, 15) is 8.42 Å². The minimum atomic E-state index is -3.24. The van der Waals surface area contributed by atoms with E-state index >= 15 is 0 Å². The van der Waals surface area contributed by atoms with E-state index in [0.29, 0.717) is 6.54 Å². The van der Waals surface area contributed by atoms with Gasteiger partial charge in [-0.05, 0) is 75.4 Å².